The van der Waals surface area contributed by atoms with Crippen LogP contribution in [0, 0.1) is 10.1 Å². The summed E-state index contributed by atoms with van der Waals surface area (Å²) in [6.07, 6.45) is 6.58. The van der Waals surface area contributed by atoms with Gasteiger partial charge in [0.25, 0.3) is 0 Å². The zero-order valence-corrected chi connectivity index (χ0v) is 17.0. The average Bonchev–Trinajstić information content (AvgIpc) is 2.75. The van der Waals surface area contributed by atoms with Crippen LogP contribution in [0.4, 0.5) is 11.5 Å². The Labute approximate surface area is 176 Å². The molecule has 3 rings (SSSR count). The quantitative estimate of drug-likeness (QED) is 0.143. The van der Waals surface area contributed by atoms with Gasteiger partial charge in [-0.25, -0.2) is 14.8 Å². The predicted molar refractivity (Wildman–Crippen MR) is 113 cm³/mol. The molecule has 1 unspecified atom stereocenters. The van der Waals surface area contributed by atoms with Gasteiger partial charge in [0.2, 0.25) is 11.5 Å². The third-order valence-corrected chi connectivity index (χ3v) is 4.96. The van der Waals surface area contributed by atoms with Crippen LogP contribution < -0.4 is 15.4 Å². The molecular weight excluding hydrogens is 410 g/mol. The number of anilines is 1. The molecule has 2 heterocycles. The fourth-order valence-electron chi connectivity index (χ4n) is 2.95. The number of para-hydroxylation sites is 2. The Hall–Kier alpha value is -3.18. The van der Waals surface area contributed by atoms with Crippen LogP contribution in [0.2, 0.25) is 0 Å². The fourth-order valence-corrected chi connectivity index (χ4v) is 3.29. The third kappa shape index (κ3) is 5.45. The molecule has 10 nitrogen and oxygen atoms in total. The largest absolute Gasteiger partial charge is 0.475 e. The van der Waals surface area contributed by atoms with E-state index in [1.807, 2.05) is 6.26 Å². The topological polar surface area (TPSA) is 140 Å². The van der Waals surface area contributed by atoms with Gasteiger partial charge in [-0.3, -0.25) is 10.1 Å². The van der Waals surface area contributed by atoms with Gasteiger partial charge in [-0.05, 0) is 31.7 Å². The Bertz CT molecular complexity index is 962. The van der Waals surface area contributed by atoms with Gasteiger partial charge < -0.3 is 20.5 Å². The molecule has 0 bridgehead atoms. The van der Waals surface area contributed by atoms with E-state index in [9.17, 15) is 20.0 Å². The Morgan fingerprint density at radius 3 is 2.93 bits per heavy atom. The van der Waals surface area contributed by atoms with Crippen molar-refractivity contribution in [3.8, 4) is 5.75 Å². The first kappa shape index (κ1) is 21.5. The summed E-state index contributed by atoms with van der Waals surface area (Å²) in [4.78, 5) is 31.0. The summed E-state index contributed by atoms with van der Waals surface area (Å²) < 4.78 is 5.39. The molecule has 0 aliphatic carbocycles. The highest BCUT2D eigenvalue weighted by molar-refractivity contribution is 7.98. The maximum absolute atomic E-state index is 11.8. The van der Waals surface area contributed by atoms with Crippen molar-refractivity contribution in [3.63, 3.8) is 0 Å². The second-order valence-corrected chi connectivity index (χ2v) is 7.26. The molecule has 1 saturated heterocycles. The minimum absolute atomic E-state index is 0.139. The zero-order chi connectivity index (χ0) is 21.5. The molecule has 0 spiro atoms. The summed E-state index contributed by atoms with van der Waals surface area (Å²) in [6.45, 7) is 1.72. The van der Waals surface area contributed by atoms with Gasteiger partial charge in [-0.1, -0.05) is 23.9 Å². The van der Waals surface area contributed by atoms with Gasteiger partial charge in [-0.2, -0.15) is 0 Å². The number of nitro groups is 1. The van der Waals surface area contributed by atoms with Crippen molar-refractivity contribution in [3.05, 3.63) is 51.9 Å². The van der Waals surface area contributed by atoms with Crippen molar-refractivity contribution in [2.45, 2.75) is 24.0 Å². The molecule has 0 radical (unpaired) electrons. The van der Waals surface area contributed by atoms with Crippen LogP contribution in [-0.2, 0) is 4.79 Å². The summed E-state index contributed by atoms with van der Waals surface area (Å²) in [5.41, 5.74) is 0.0830. The number of rotatable bonds is 8. The minimum atomic E-state index is -1.37. The van der Waals surface area contributed by atoms with Gasteiger partial charge in [0.05, 0.1) is 4.92 Å². The van der Waals surface area contributed by atoms with E-state index < -0.39 is 16.7 Å². The number of thioether (sulfide) groups is 1. The molecule has 11 heteroatoms. The fraction of sp³-hybridized carbons (Fsp3) is 0.316. The number of ether oxygens (including phenoxy) is 1. The lowest BCUT2D eigenvalue weighted by Gasteiger charge is -2.25. The molecule has 2 aromatic rings. The van der Waals surface area contributed by atoms with Gasteiger partial charge in [0.15, 0.2) is 5.16 Å². The number of carboxylic acid groups (broad SMARTS) is 1. The summed E-state index contributed by atoms with van der Waals surface area (Å²) in [5.74, 6) is -1.53. The number of nitrogens with zero attached hydrogens (tertiary/aromatic N) is 3. The summed E-state index contributed by atoms with van der Waals surface area (Å²) in [7, 11) is 0. The lowest BCUT2D eigenvalue weighted by atomic mass is 10.1. The molecule has 3 N–H and O–H groups in total. The number of piperidine rings is 1. The van der Waals surface area contributed by atoms with Gasteiger partial charge >= 0.3 is 11.7 Å². The summed E-state index contributed by atoms with van der Waals surface area (Å²) >= 11 is 1.37. The van der Waals surface area contributed by atoms with Crippen LogP contribution in [0.1, 0.15) is 18.4 Å². The highest BCUT2D eigenvalue weighted by Crippen LogP contribution is 2.29. The molecule has 158 valence electrons. The molecule has 1 atom stereocenters. The number of nitro benzene ring substituents is 1. The lowest BCUT2D eigenvalue weighted by Crippen LogP contribution is -2.38. The number of aromatic nitrogens is 2. The number of aliphatic carboxylic acids is 1. The van der Waals surface area contributed by atoms with Crippen molar-refractivity contribution in [1.82, 2.24) is 15.3 Å². The number of hydrogen-bond donors (Lipinski definition) is 3. The smallest absolute Gasteiger partial charge is 0.371 e. The van der Waals surface area contributed by atoms with Crippen LogP contribution in [0.25, 0.3) is 6.08 Å². The van der Waals surface area contributed by atoms with E-state index in [0.717, 1.165) is 25.9 Å². The van der Waals surface area contributed by atoms with E-state index in [1.54, 1.807) is 0 Å². The second kappa shape index (κ2) is 10.0. The molecule has 1 aromatic carbocycles. The first-order chi connectivity index (χ1) is 14.5. The number of nitrogens with one attached hydrogen (secondary N) is 2. The number of benzene rings is 1. The van der Waals surface area contributed by atoms with E-state index in [2.05, 4.69) is 20.6 Å². The Balaban J connectivity index is 1.95. The highest BCUT2D eigenvalue weighted by Gasteiger charge is 2.21. The van der Waals surface area contributed by atoms with E-state index in [0.29, 0.717) is 16.5 Å². The van der Waals surface area contributed by atoms with Crippen LogP contribution >= 0.6 is 11.8 Å². The monoisotopic (exact) mass is 431 g/mol. The first-order valence-electron chi connectivity index (χ1n) is 9.22. The van der Waals surface area contributed by atoms with Crippen LogP contribution in [0.3, 0.4) is 0 Å². The van der Waals surface area contributed by atoms with Crippen LogP contribution in [0.15, 0.2) is 41.4 Å². The minimum Gasteiger partial charge on any atom is -0.475 e. The third-order valence-electron chi connectivity index (χ3n) is 4.39. The Morgan fingerprint density at radius 2 is 2.27 bits per heavy atom. The SMILES string of the molecule is CSc1ncc(/C=C(/Oc2ccccc2[N+](=O)[O-])C(=O)O)c(NC2CCCNC2)n1. The molecule has 1 aromatic heterocycles. The number of carbonyl (C=O) groups is 1. The van der Waals surface area contributed by atoms with E-state index >= 15 is 0 Å². The summed E-state index contributed by atoms with van der Waals surface area (Å²) in [6, 6.07) is 5.73. The predicted octanol–water partition coefficient (Wildman–Crippen LogP) is 2.78. The van der Waals surface area contributed by atoms with E-state index in [-0.39, 0.29) is 17.5 Å². The lowest BCUT2D eigenvalue weighted by molar-refractivity contribution is -0.385. The van der Waals surface area contributed by atoms with E-state index in [1.165, 1.54) is 48.3 Å². The standard InChI is InChI=1S/C19H21N5O5S/c1-30-19-21-10-12(17(23-19)22-13-5-4-8-20-11-13)9-16(18(25)26)29-15-7-3-2-6-14(15)24(27)28/h2-3,6-7,9-10,13,20H,4-5,8,11H2,1H3,(H,25,26)(H,21,22,23)/b16-9+. The highest BCUT2D eigenvalue weighted by atomic mass is 32.2. The average molecular weight is 431 g/mol. The first-order valence-corrected chi connectivity index (χ1v) is 10.4. The molecule has 0 saturated carbocycles. The van der Waals surface area contributed by atoms with Crippen molar-refractivity contribution < 1.29 is 19.6 Å². The van der Waals surface area contributed by atoms with Crippen LogP contribution in [-0.4, -0.2) is 51.4 Å². The van der Waals surface area contributed by atoms with Crippen molar-refractivity contribution in [2.24, 2.45) is 0 Å². The van der Waals surface area contributed by atoms with Crippen molar-refractivity contribution >= 4 is 35.3 Å². The molecule has 1 fully saturated rings. The number of hydrogen-bond acceptors (Lipinski definition) is 9. The normalized spacial score (nSPS) is 16.7. The molecule has 1 aliphatic rings. The number of carboxylic acids is 1. The zero-order valence-electron chi connectivity index (χ0n) is 16.2. The second-order valence-electron chi connectivity index (χ2n) is 6.49. The molecule has 0 amide bonds. The van der Waals surface area contributed by atoms with Gasteiger partial charge in [0, 0.05) is 36.5 Å². The molecular formula is C19H21N5O5S. The van der Waals surface area contributed by atoms with Crippen molar-refractivity contribution in [1.29, 1.82) is 0 Å². The van der Waals surface area contributed by atoms with Crippen LogP contribution in [0.5, 0.6) is 5.75 Å². The van der Waals surface area contributed by atoms with Gasteiger partial charge in [0.1, 0.15) is 5.82 Å². The maximum atomic E-state index is 11.8. The Kier molecular flexibility index (Phi) is 7.20. The summed E-state index contributed by atoms with van der Waals surface area (Å²) in [5, 5.41) is 28.0. The molecule has 1 aliphatic heterocycles. The van der Waals surface area contributed by atoms with Gasteiger partial charge in [-0.15, -0.1) is 0 Å². The van der Waals surface area contributed by atoms with Crippen molar-refractivity contribution in [2.75, 3.05) is 24.7 Å². The van der Waals surface area contributed by atoms with E-state index in [4.69, 9.17) is 4.74 Å². The maximum Gasteiger partial charge on any atom is 0.371 e. The molecule has 30 heavy (non-hydrogen) atoms. The Morgan fingerprint density at radius 1 is 1.47 bits per heavy atom.